The van der Waals surface area contributed by atoms with Crippen LogP contribution in [0.4, 0.5) is 0 Å². The molecule has 7 nitrogen and oxygen atoms in total. The summed E-state index contributed by atoms with van der Waals surface area (Å²) in [5.41, 5.74) is 2.53. The molecule has 2 aromatic heterocycles. The highest BCUT2D eigenvalue weighted by Gasteiger charge is 2.34. The first-order valence-electron chi connectivity index (χ1n) is 9.55. The van der Waals surface area contributed by atoms with E-state index in [-0.39, 0.29) is 11.9 Å². The quantitative estimate of drug-likeness (QED) is 0.845. The molecule has 0 saturated carbocycles. The summed E-state index contributed by atoms with van der Waals surface area (Å²) >= 11 is 0. The minimum atomic E-state index is -0.0112. The van der Waals surface area contributed by atoms with Gasteiger partial charge in [0.25, 0.3) is 5.91 Å². The summed E-state index contributed by atoms with van der Waals surface area (Å²) in [7, 11) is 2.11. The van der Waals surface area contributed by atoms with Crippen LogP contribution in [0.1, 0.15) is 72.7 Å². The third-order valence-corrected chi connectivity index (χ3v) is 5.39. The smallest absolute Gasteiger partial charge is 0.274 e. The van der Waals surface area contributed by atoms with Gasteiger partial charge in [-0.05, 0) is 32.4 Å². The van der Waals surface area contributed by atoms with Crippen molar-refractivity contribution in [3.8, 4) is 0 Å². The molecule has 4 heterocycles. The lowest BCUT2D eigenvalue weighted by molar-refractivity contribution is 0.0723. The van der Waals surface area contributed by atoms with Crippen LogP contribution >= 0.6 is 0 Å². The summed E-state index contributed by atoms with van der Waals surface area (Å²) in [5, 5.41) is 8.84. The Morgan fingerprint density at radius 2 is 2.08 bits per heavy atom. The summed E-state index contributed by atoms with van der Waals surface area (Å²) in [6, 6.07) is 3.95. The second-order valence-corrected chi connectivity index (χ2v) is 7.80. The van der Waals surface area contributed by atoms with Crippen molar-refractivity contribution in [2.24, 2.45) is 0 Å². The van der Waals surface area contributed by atoms with E-state index >= 15 is 0 Å². The molecule has 0 unspecified atom stereocenters. The summed E-state index contributed by atoms with van der Waals surface area (Å²) in [6.45, 7) is 7.68. The normalized spacial score (nSPS) is 21.2. The molecular weight excluding hydrogens is 330 g/mol. The molecule has 4 rings (SSSR count). The van der Waals surface area contributed by atoms with Crippen molar-refractivity contribution < 1.29 is 9.32 Å². The second kappa shape index (κ2) is 6.87. The number of likely N-dealkylation sites (tertiary alicyclic amines) is 1. The van der Waals surface area contributed by atoms with E-state index in [0.29, 0.717) is 11.6 Å². The Balaban J connectivity index is 1.56. The Bertz CT molecular complexity index is 794. The minimum absolute atomic E-state index is 0.00447. The second-order valence-electron chi connectivity index (χ2n) is 7.80. The monoisotopic (exact) mass is 357 g/mol. The maximum atomic E-state index is 13.1. The Labute approximate surface area is 153 Å². The molecule has 0 bridgehead atoms. The third kappa shape index (κ3) is 3.16. The topological polar surface area (TPSA) is 67.4 Å². The number of rotatable bonds is 3. The number of hydrogen-bond acceptors (Lipinski definition) is 5. The number of hydrogen-bond donors (Lipinski definition) is 0. The molecule has 1 amide bonds. The fraction of sp³-hybridized carbons (Fsp3) is 0.632. The highest BCUT2D eigenvalue weighted by atomic mass is 16.5. The standard InChI is InChI=1S/C19H27N5O2/c1-13(2)18-11-15(21-26-18)17-6-4-8-23(17)19(25)16-10-14-12-22(3)7-5-9-24(14)20-16/h10-11,13,17H,4-9,12H2,1-3H3/t17-/m0/s1. The molecule has 2 aliphatic heterocycles. The third-order valence-electron chi connectivity index (χ3n) is 5.39. The fourth-order valence-electron chi connectivity index (χ4n) is 3.92. The average Bonchev–Trinajstić information content (AvgIpc) is 3.31. The number of fused-ring (bicyclic) bond motifs is 1. The molecule has 0 spiro atoms. The van der Waals surface area contributed by atoms with Crippen molar-refractivity contribution in [3.63, 3.8) is 0 Å². The predicted octanol–water partition coefficient (Wildman–Crippen LogP) is 2.81. The van der Waals surface area contributed by atoms with Crippen LogP contribution in [0.15, 0.2) is 16.7 Å². The van der Waals surface area contributed by atoms with Gasteiger partial charge in [-0.1, -0.05) is 19.0 Å². The zero-order valence-electron chi connectivity index (χ0n) is 15.8. The van der Waals surface area contributed by atoms with Crippen molar-refractivity contribution >= 4 is 5.91 Å². The summed E-state index contributed by atoms with van der Waals surface area (Å²) in [5.74, 6) is 1.17. The first kappa shape index (κ1) is 17.3. The van der Waals surface area contributed by atoms with Gasteiger partial charge in [0.15, 0.2) is 5.69 Å². The van der Waals surface area contributed by atoms with E-state index in [4.69, 9.17) is 4.52 Å². The lowest BCUT2D eigenvalue weighted by Gasteiger charge is -2.22. The van der Waals surface area contributed by atoms with Crippen LogP contribution in [0, 0.1) is 0 Å². The van der Waals surface area contributed by atoms with Crippen LogP contribution in [0.25, 0.3) is 0 Å². The summed E-state index contributed by atoms with van der Waals surface area (Å²) < 4.78 is 7.45. The number of amides is 1. The van der Waals surface area contributed by atoms with Crippen LogP contribution in [0.3, 0.4) is 0 Å². The Morgan fingerprint density at radius 3 is 2.85 bits per heavy atom. The van der Waals surface area contributed by atoms with Crippen LogP contribution in [0.5, 0.6) is 0 Å². The first-order chi connectivity index (χ1) is 12.5. The van der Waals surface area contributed by atoms with Gasteiger partial charge in [-0.2, -0.15) is 5.10 Å². The van der Waals surface area contributed by atoms with E-state index in [9.17, 15) is 4.79 Å². The van der Waals surface area contributed by atoms with E-state index in [2.05, 4.69) is 36.1 Å². The van der Waals surface area contributed by atoms with Gasteiger partial charge in [-0.3, -0.25) is 9.48 Å². The molecule has 0 aromatic carbocycles. The molecule has 0 aliphatic carbocycles. The molecule has 0 radical (unpaired) electrons. The molecule has 0 N–H and O–H groups in total. The zero-order valence-corrected chi connectivity index (χ0v) is 15.8. The molecule has 2 aromatic rings. The number of nitrogens with zero attached hydrogens (tertiary/aromatic N) is 5. The Kier molecular flexibility index (Phi) is 4.56. The van der Waals surface area contributed by atoms with Crippen molar-refractivity contribution in [2.75, 3.05) is 20.1 Å². The van der Waals surface area contributed by atoms with Gasteiger partial charge in [0, 0.05) is 38.2 Å². The highest BCUT2D eigenvalue weighted by molar-refractivity contribution is 5.93. The average molecular weight is 357 g/mol. The minimum Gasteiger partial charge on any atom is -0.361 e. The number of carbonyl (C=O) groups is 1. The van der Waals surface area contributed by atoms with Crippen molar-refractivity contribution in [2.45, 2.75) is 58.2 Å². The van der Waals surface area contributed by atoms with Crippen molar-refractivity contribution in [1.82, 2.24) is 24.7 Å². The molecule has 26 heavy (non-hydrogen) atoms. The number of carbonyl (C=O) groups excluding carboxylic acids is 1. The molecule has 1 atom stereocenters. The van der Waals surface area contributed by atoms with E-state index in [1.54, 1.807) is 0 Å². The maximum Gasteiger partial charge on any atom is 0.274 e. The van der Waals surface area contributed by atoms with Crippen LogP contribution in [-0.4, -0.2) is 50.8 Å². The zero-order chi connectivity index (χ0) is 18.3. The van der Waals surface area contributed by atoms with Gasteiger partial charge in [0.1, 0.15) is 11.5 Å². The molecule has 2 aliphatic rings. The summed E-state index contributed by atoms with van der Waals surface area (Å²) in [4.78, 5) is 17.3. The predicted molar refractivity (Wildman–Crippen MR) is 96.8 cm³/mol. The van der Waals surface area contributed by atoms with Gasteiger partial charge < -0.3 is 14.3 Å². The number of aromatic nitrogens is 3. The van der Waals surface area contributed by atoms with E-state index < -0.39 is 0 Å². The van der Waals surface area contributed by atoms with E-state index in [0.717, 1.165) is 62.6 Å². The van der Waals surface area contributed by atoms with Gasteiger partial charge in [-0.25, -0.2) is 0 Å². The Hall–Kier alpha value is -2.15. The number of aryl methyl sites for hydroxylation is 1. The van der Waals surface area contributed by atoms with Crippen LogP contribution in [0.2, 0.25) is 0 Å². The first-order valence-corrected chi connectivity index (χ1v) is 9.55. The van der Waals surface area contributed by atoms with Gasteiger partial charge >= 0.3 is 0 Å². The van der Waals surface area contributed by atoms with Crippen LogP contribution < -0.4 is 0 Å². The molecule has 1 fully saturated rings. The van der Waals surface area contributed by atoms with E-state index in [1.807, 2.05) is 21.7 Å². The molecule has 1 saturated heterocycles. The molecular formula is C19H27N5O2. The Morgan fingerprint density at radius 1 is 1.23 bits per heavy atom. The van der Waals surface area contributed by atoms with Gasteiger partial charge in [0.05, 0.1) is 11.7 Å². The fourth-order valence-corrected chi connectivity index (χ4v) is 3.92. The SMILES string of the molecule is CC(C)c1cc([C@@H]2CCCN2C(=O)c2cc3n(n2)CCCN(C)C3)no1. The van der Waals surface area contributed by atoms with Crippen molar-refractivity contribution in [1.29, 1.82) is 0 Å². The van der Waals surface area contributed by atoms with Gasteiger partial charge in [0.2, 0.25) is 0 Å². The van der Waals surface area contributed by atoms with E-state index in [1.165, 1.54) is 0 Å². The lowest BCUT2D eigenvalue weighted by atomic mass is 10.1. The summed E-state index contributed by atoms with van der Waals surface area (Å²) in [6.07, 6.45) is 2.96. The maximum absolute atomic E-state index is 13.1. The van der Waals surface area contributed by atoms with Crippen molar-refractivity contribution in [3.05, 3.63) is 35.0 Å². The highest BCUT2D eigenvalue weighted by Crippen LogP contribution is 2.33. The molecule has 140 valence electrons. The molecule has 7 heteroatoms. The van der Waals surface area contributed by atoms with Crippen LogP contribution in [-0.2, 0) is 13.1 Å². The lowest BCUT2D eigenvalue weighted by Crippen LogP contribution is -2.31. The van der Waals surface area contributed by atoms with Gasteiger partial charge in [-0.15, -0.1) is 0 Å². The largest absolute Gasteiger partial charge is 0.361 e.